The van der Waals surface area contributed by atoms with Crippen LogP contribution in [0.25, 0.3) is 0 Å². The van der Waals surface area contributed by atoms with Crippen molar-refractivity contribution in [2.45, 2.75) is 51.9 Å². The molecule has 0 bridgehead atoms. The summed E-state index contributed by atoms with van der Waals surface area (Å²) in [6.07, 6.45) is 0. The summed E-state index contributed by atoms with van der Waals surface area (Å²) in [4.78, 5) is 30.6. The second-order valence-electron chi connectivity index (χ2n) is 9.02. The Kier molecular flexibility index (Phi) is 8.42. The van der Waals surface area contributed by atoms with Crippen LogP contribution in [0.15, 0.2) is 60.7 Å². The van der Waals surface area contributed by atoms with Gasteiger partial charge in [0.05, 0.1) is 0 Å². The number of amides is 2. The molecule has 1 fully saturated rings. The minimum atomic E-state index is -0.333. The normalized spacial score (nSPS) is 17.2. The molecule has 1 aliphatic rings. The SMILES string of the molecule is CC(C)NC(=O)C(c1ccccc1)N1CCN(C(C(=O)NC(C)C)c2ccccc2)CC1. The van der Waals surface area contributed by atoms with Crippen molar-refractivity contribution in [3.05, 3.63) is 71.8 Å². The van der Waals surface area contributed by atoms with Crippen molar-refractivity contribution >= 4 is 11.8 Å². The van der Waals surface area contributed by atoms with E-state index in [0.717, 1.165) is 11.1 Å². The molecule has 0 spiro atoms. The summed E-state index contributed by atoms with van der Waals surface area (Å²) < 4.78 is 0. The van der Waals surface area contributed by atoms with E-state index in [9.17, 15) is 9.59 Å². The van der Waals surface area contributed by atoms with E-state index in [-0.39, 0.29) is 36.0 Å². The molecule has 2 aromatic carbocycles. The molecule has 0 radical (unpaired) electrons. The van der Waals surface area contributed by atoms with Crippen LogP contribution >= 0.6 is 0 Å². The topological polar surface area (TPSA) is 64.7 Å². The van der Waals surface area contributed by atoms with E-state index in [1.54, 1.807) is 0 Å². The van der Waals surface area contributed by atoms with Crippen LogP contribution in [-0.4, -0.2) is 59.9 Å². The number of hydrogen-bond donors (Lipinski definition) is 2. The van der Waals surface area contributed by atoms with E-state index in [0.29, 0.717) is 26.2 Å². The lowest BCUT2D eigenvalue weighted by Crippen LogP contribution is -2.54. The molecule has 2 amide bonds. The van der Waals surface area contributed by atoms with Gasteiger partial charge >= 0.3 is 0 Å². The predicted molar refractivity (Wildman–Crippen MR) is 128 cm³/mol. The number of rotatable bonds is 8. The Morgan fingerprint density at radius 3 is 1.22 bits per heavy atom. The van der Waals surface area contributed by atoms with Gasteiger partial charge in [0.1, 0.15) is 12.1 Å². The third-order valence-corrected chi connectivity index (χ3v) is 5.67. The van der Waals surface area contributed by atoms with Crippen LogP contribution in [0.3, 0.4) is 0 Å². The van der Waals surface area contributed by atoms with Gasteiger partial charge in [0, 0.05) is 38.3 Å². The molecular formula is C26H36N4O2. The molecular weight excluding hydrogens is 400 g/mol. The number of benzene rings is 2. The number of piperazine rings is 1. The van der Waals surface area contributed by atoms with Crippen molar-refractivity contribution in [3.63, 3.8) is 0 Å². The highest BCUT2D eigenvalue weighted by atomic mass is 16.2. The van der Waals surface area contributed by atoms with Gasteiger partial charge in [-0.25, -0.2) is 0 Å². The highest BCUT2D eigenvalue weighted by Gasteiger charge is 2.35. The number of carbonyl (C=O) groups excluding carboxylic acids is 2. The molecule has 1 heterocycles. The van der Waals surface area contributed by atoms with Crippen molar-refractivity contribution in [3.8, 4) is 0 Å². The fourth-order valence-electron chi connectivity index (χ4n) is 4.31. The second-order valence-corrected chi connectivity index (χ2v) is 9.02. The summed E-state index contributed by atoms with van der Waals surface area (Å²) >= 11 is 0. The van der Waals surface area contributed by atoms with Crippen LogP contribution < -0.4 is 10.6 Å². The van der Waals surface area contributed by atoms with E-state index >= 15 is 0 Å². The van der Waals surface area contributed by atoms with Crippen LogP contribution in [0.5, 0.6) is 0 Å². The minimum absolute atomic E-state index is 0.0248. The Balaban J connectivity index is 1.78. The molecule has 3 rings (SSSR count). The third-order valence-electron chi connectivity index (χ3n) is 5.67. The Hall–Kier alpha value is -2.70. The van der Waals surface area contributed by atoms with Gasteiger partial charge in [0.25, 0.3) is 0 Å². The van der Waals surface area contributed by atoms with Gasteiger partial charge in [-0.15, -0.1) is 0 Å². The van der Waals surface area contributed by atoms with Gasteiger partial charge in [-0.3, -0.25) is 19.4 Å². The van der Waals surface area contributed by atoms with Crippen LogP contribution in [0.4, 0.5) is 0 Å². The highest BCUT2D eigenvalue weighted by molar-refractivity contribution is 5.84. The molecule has 1 saturated heterocycles. The van der Waals surface area contributed by atoms with Crippen LogP contribution in [0.2, 0.25) is 0 Å². The first kappa shape index (κ1) is 24.0. The van der Waals surface area contributed by atoms with Crippen LogP contribution in [-0.2, 0) is 9.59 Å². The lowest BCUT2D eigenvalue weighted by Gasteiger charge is -2.41. The zero-order valence-corrected chi connectivity index (χ0v) is 19.6. The molecule has 2 aromatic rings. The monoisotopic (exact) mass is 436 g/mol. The zero-order valence-electron chi connectivity index (χ0n) is 19.6. The highest BCUT2D eigenvalue weighted by Crippen LogP contribution is 2.27. The van der Waals surface area contributed by atoms with Crippen molar-refractivity contribution in [2.75, 3.05) is 26.2 Å². The fourth-order valence-corrected chi connectivity index (χ4v) is 4.31. The van der Waals surface area contributed by atoms with Gasteiger partial charge in [-0.2, -0.15) is 0 Å². The third kappa shape index (κ3) is 6.17. The number of nitrogens with zero attached hydrogens (tertiary/aromatic N) is 2. The smallest absolute Gasteiger partial charge is 0.242 e. The molecule has 1 aliphatic heterocycles. The summed E-state index contributed by atoms with van der Waals surface area (Å²) in [5.41, 5.74) is 1.99. The first-order valence-corrected chi connectivity index (χ1v) is 11.6. The summed E-state index contributed by atoms with van der Waals surface area (Å²) in [5.74, 6) is 0.0496. The standard InChI is InChI=1S/C26H36N4O2/c1-19(2)27-25(31)23(21-11-7-5-8-12-21)29-15-17-30(18-16-29)24(26(32)28-20(3)4)22-13-9-6-10-14-22/h5-14,19-20,23-24H,15-18H2,1-4H3,(H,27,31)(H,28,32). The molecule has 172 valence electrons. The molecule has 6 heteroatoms. The van der Waals surface area contributed by atoms with Crippen molar-refractivity contribution in [1.82, 2.24) is 20.4 Å². The van der Waals surface area contributed by atoms with Crippen LogP contribution in [0, 0.1) is 0 Å². The summed E-state index contributed by atoms with van der Waals surface area (Å²) in [5, 5.41) is 6.16. The van der Waals surface area contributed by atoms with Gasteiger partial charge in [0.15, 0.2) is 0 Å². The van der Waals surface area contributed by atoms with Crippen molar-refractivity contribution in [2.24, 2.45) is 0 Å². The molecule has 6 nitrogen and oxygen atoms in total. The van der Waals surface area contributed by atoms with Gasteiger partial charge in [-0.05, 0) is 38.8 Å². The maximum absolute atomic E-state index is 13.1. The van der Waals surface area contributed by atoms with Crippen molar-refractivity contribution < 1.29 is 9.59 Å². The largest absolute Gasteiger partial charge is 0.352 e. The summed E-state index contributed by atoms with van der Waals surface area (Å²) in [6, 6.07) is 19.4. The first-order valence-electron chi connectivity index (χ1n) is 11.6. The minimum Gasteiger partial charge on any atom is -0.352 e. The number of hydrogen-bond acceptors (Lipinski definition) is 4. The summed E-state index contributed by atoms with van der Waals surface area (Å²) in [7, 11) is 0. The molecule has 2 N–H and O–H groups in total. The predicted octanol–water partition coefficient (Wildman–Crippen LogP) is 3.14. The summed E-state index contributed by atoms with van der Waals surface area (Å²) in [6.45, 7) is 10.8. The molecule has 0 aromatic heterocycles. The first-order chi connectivity index (χ1) is 15.4. The van der Waals surface area contributed by atoms with Crippen LogP contribution in [0.1, 0.15) is 50.9 Å². The molecule has 0 aliphatic carbocycles. The fraction of sp³-hybridized carbons (Fsp3) is 0.462. The Labute approximate surface area is 192 Å². The van der Waals surface area contributed by atoms with E-state index in [1.165, 1.54) is 0 Å². The zero-order chi connectivity index (χ0) is 23.1. The molecule has 2 unspecified atom stereocenters. The molecule has 2 atom stereocenters. The Morgan fingerprint density at radius 1 is 0.625 bits per heavy atom. The van der Waals surface area contributed by atoms with E-state index in [2.05, 4.69) is 20.4 Å². The number of carbonyl (C=O) groups is 2. The van der Waals surface area contributed by atoms with Crippen molar-refractivity contribution in [1.29, 1.82) is 0 Å². The average molecular weight is 437 g/mol. The second kappa shape index (κ2) is 11.2. The molecule has 32 heavy (non-hydrogen) atoms. The van der Waals surface area contributed by atoms with Gasteiger partial charge < -0.3 is 10.6 Å². The van der Waals surface area contributed by atoms with Gasteiger partial charge in [-0.1, -0.05) is 60.7 Å². The number of nitrogens with one attached hydrogen (secondary N) is 2. The Morgan fingerprint density at radius 2 is 0.938 bits per heavy atom. The lowest BCUT2D eigenvalue weighted by molar-refractivity contribution is -0.131. The van der Waals surface area contributed by atoms with Gasteiger partial charge in [0.2, 0.25) is 11.8 Å². The molecule has 0 saturated carbocycles. The average Bonchev–Trinajstić information content (AvgIpc) is 2.76. The van der Waals surface area contributed by atoms with E-state index in [4.69, 9.17) is 0 Å². The maximum atomic E-state index is 13.1. The van der Waals surface area contributed by atoms with E-state index in [1.807, 2.05) is 88.4 Å². The lowest BCUT2D eigenvalue weighted by atomic mass is 10.0. The maximum Gasteiger partial charge on any atom is 0.242 e. The van der Waals surface area contributed by atoms with E-state index < -0.39 is 0 Å². The quantitative estimate of drug-likeness (QED) is 0.667. The Bertz CT molecular complexity index is 788.